The van der Waals surface area contributed by atoms with Crippen LogP contribution in [-0.2, 0) is 4.84 Å². The fourth-order valence-corrected chi connectivity index (χ4v) is 3.09. The minimum absolute atomic E-state index is 0.619. The van der Waals surface area contributed by atoms with E-state index in [4.69, 9.17) is 21.2 Å². The standard InChI is InChI=1S/C20H23ClN2O2/c1-24-23-20(16-5-7-18(21)8-6-16)17-3-2-4-19(13-17)25-14-15-9-11-22-12-10-15/h2-8,13,15,22H,9-12,14H2,1H3. The third-order valence-electron chi connectivity index (χ3n) is 4.35. The Balaban J connectivity index is 1.75. The third-order valence-corrected chi connectivity index (χ3v) is 4.60. The van der Waals surface area contributed by atoms with Crippen molar-refractivity contribution in [1.82, 2.24) is 5.32 Å². The first-order valence-electron chi connectivity index (χ1n) is 8.57. The largest absolute Gasteiger partial charge is 0.493 e. The Morgan fingerprint density at radius 1 is 1.12 bits per heavy atom. The van der Waals surface area contributed by atoms with Crippen molar-refractivity contribution >= 4 is 17.3 Å². The van der Waals surface area contributed by atoms with Crippen molar-refractivity contribution < 1.29 is 9.57 Å². The molecule has 0 radical (unpaired) electrons. The maximum Gasteiger partial charge on any atom is 0.119 e. The molecular weight excluding hydrogens is 336 g/mol. The van der Waals surface area contributed by atoms with Crippen LogP contribution in [0.15, 0.2) is 53.7 Å². The second-order valence-electron chi connectivity index (χ2n) is 6.16. The summed E-state index contributed by atoms with van der Waals surface area (Å²) < 4.78 is 6.02. The molecule has 1 N–H and O–H groups in total. The summed E-state index contributed by atoms with van der Waals surface area (Å²) in [6.07, 6.45) is 2.34. The Bertz CT molecular complexity index is 710. The maximum absolute atomic E-state index is 6.02. The first kappa shape index (κ1) is 17.8. The second kappa shape index (κ2) is 8.88. The van der Waals surface area contributed by atoms with Gasteiger partial charge in [0.1, 0.15) is 18.6 Å². The Kier molecular flexibility index (Phi) is 6.31. The highest BCUT2D eigenvalue weighted by molar-refractivity contribution is 6.30. The van der Waals surface area contributed by atoms with Crippen LogP contribution in [0.5, 0.6) is 5.75 Å². The number of hydrogen-bond acceptors (Lipinski definition) is 4. The molecule has 1 aliphatic heterocycles. The van der Waals surface area contributed by atoms with E-state index in [0.717, 1.165) is 42.3 Å². The lowest BCUT2D eigenvalue weighted by Gasteiger charge is -2.22. The van der Waals surface area contributed by atoms with E-state index < -0.39 is 0 Å². The Morgan fingerprint density at radius 2 is 1.88 bits per heavy atom. The first-order chi connectivity index (χ1) is 12.3. The predicted octanol–water partition coefficient (Wildman–Crippen LogP) is 4.12. The average molecular weight is 359 g/mol. The van der Waals surface area contributed by atoms with Crippen molar-refractivity contribution in [1.29, 1.82) is 0 Å². The van der Waals surface area contributed by atoms with Gasteiger partial charge in [0, 0.05) is 16.1 Å². The van der Waals surface area contributed by atoms with E-state index in [9.17, 15) is 0 Å². The molecule has 3 rings (SSSR count). The molecule has 0 bridgehead atoms. The molecule has 0 amide bonds. The van der Waals surface area contributed by atoms with E-state index in [1.807, 2.05) is 48.5 Å². The molecule has 25 heavy (non-hydrogen) atoms. The van der Waals surface area contributed by atoms with Gasteiger partial charge in [0.05, 0.1) is 6.61 Å². The number of rotatable bonds is 6. The highest BCUT2D eigenvalue weighted by Gasteiger charge is 2.14. The number of nitrogens with one attached hydrogen (secondary N) is 1. The van der Waals surface area contributed by atoms with Crippen molar-refractivity contribution in [3.05, 3.63) is 64.7 Å². The van der Waals surface area contributed by atoms with E-state index in [2.05, 4.69) is 10.5 Å². The SMILES string of the molecule is CON=C(c1ccc(Cl)cc1)c1cccc(OCC2CCNCC2)c1. The van der Waals surface area contributed by atoms with Crippen LogP contribution < -0.4 is 10.1 Å². The third kappa shape index (κ3) is 4.97. The zero-order chi connectivity index (χ0) is 17.5. The van der Waals surface area contributed by atoms with Gasteiger partial charge in [0.2, 0.25) is 0 Å². The summed E-state index contributed by atoms with van der Waals surface area (Å²) in [6, 6.07) is 15.5. The molecule has 0 aromatic heterocycles. The first-order valence-corrected chi connectivity index (χ1v) is 8.95. The Hall–Kier alpha value is -2.04. The zero-order valence-electron chi connectivity index (χ0n) is 14.4. The summed E-state index contributed by atoms with van der Waals surface area (Å²) in [7, 11) is 1.55. The van der Waals surface area contributed by atoms with E-state index in [1.54, 1.807) is 7.11 Å². The van der Waals surface area contributed by atoms with Gasteiger partial charge in [-0.1, -0.05) is 41.0 Å². The highest BCUT2D eigenvalue weighted by Crippen LogP contribution is 2.21. The molecule has 4 nitrogen and oxygen atoms in total. The number of hydrogen-bond donors (Lipinski definition) is 1. The van der Waals surface area contributed by atoms with Crippen LogP contribution in [0.25, 0.3) is 0 Å². The normalized spacial score (nSPS) is 15.8. The molecule has 1 fully saturated rings. The predicted molar refractivity (Wildman–Crippen MR) is 102 cm³/mol. The summed E-state index contributed by atoms with van der Waals surface area (Å²) in [5.74, 6) is 1.47. The molecule has 0 saturated carbocycles. The van der Waals surface area contributed by atoms with Crippen LogP contribution in [0.4, 0.5) is 0 Å². The molecular formula is C20H23ClN2O2. The summed E-state index contributed by atoms with van der Waals surface area (Å²) >= 11 is 5.98. The van der Waals surface area contributed by atoms with E-state index >= 15 is 0 Å². The van der Waals surface area contributed by atoms with Crippen LogP contribution >= 0.6 is 11.6 Å². The van der Waals surface area contributed by atoms with Crippen molar-refractivity contribution in [2.24, 2.45) is 11.1 Å². The highest BCUT2D eigenvalue weighted by atomic mass is 35.5. The monoisotopic (exact) mass is 358 g/mol. The smallest absolute Gasteiger partial charge is 0.119 e. The number of nitrogens with zero attached hydrogens (tertiary/aromatic N) is 1. The van der Waals surface area contributed by atoms with Gasteiger partial charge in [-0.2, -0.15) is 0 Å². The van der Waals surface area contributed by atoms with Gasteiger partial charge in [-0.25, -0.2) is 0 Å². The maximum atomic E-state index is 6.02. The quantitative estimate of drug-likeness (QED) is 0.624. The molecule has 0 aliphatic carbocycles. The lowest BCUT2D eigenvalue weighted by Crippen LogP contribution is -2.30. The van der Waals surface area contributed by atoms with Crippen LogP contribution in [-0.4, -0.2) is 32.5 Å². The zero-order valence-corrected chi connectivity index (χ0v) is 15.1. The Labute approximate surface area is 153 Å². The molecule has 1 aliphatic rings. The molecule has 1 heterocycles. The fraction of sp³-hybridized carbons (Fsp3) is 0.350. The van der Waals surface area contributed by atoms with E-state index in [-0.39, 0.29) is 0 Å². The second-order valence-corrected chi connectivity index (χ2v) is 6.60. The Morgan fingerprint density at radius 3 is 2.60 bits per heavy atom. The number of benzene rings is 2. The molecule has 2 aromatic carbocycles. The summed E-state index contributed by atoms with van der Waals surface area (Å²) in [4.78, 5) is 5.05. The van der Waals surface area contributed by atoms with Gasteiger partial charge < -0.3 is 14.9 Å². The van der Waals surface area contributed by atoms with Gasteiger partial charge >= 0.3 is 0 Å². The van der Waals surface area contributed by atoms with Gasteiger partial charge in [0.25, 0.3) is 0 Å². The van der Waals surface area contributed by atoms with E-state index in [0.29, 0.717) is 10.9 Å². The molecule has 5 heteroatoms. The number of ether oxygens (including phenoxy) is 1. The van der Waals surface area contributed by atoms with Crippen LogP contribution in [0.1, 0.15) is 24.0 Å². The fourth-order valence-electron chi connectivity index (χ4n) is 2.97. The lowest BCUT2D eigenvalue weighted by atomic mass is 9.99. The molecule has 0 unspecified atom stereocenters. The van der Waals surface area contributed by atoms with Crippen LogP contribution in [0.2, 0.25) is 5.02 Å². The van der Waals surface area contributed by atoms with Crippen molar-refractivity contribution in [3.8, 4) is 5.75 Å². The molecule has 2 aromatic rings. The minimum atomic E-state index is 0.619. The van der Waals surface area contributed by atoms with Gasteiger partial charge in [-0.05, 0) is 56.1 Å². The average Bonchev–Trinajstić information content (AvgIpc) is 2.66. The number of piperidine rings is 1. The van der Waals surface area contributed by atoms with Gasteiger partial charge in [0.15, 0.2) is 0 Å². The summed E-state index contributed by atoms with van der Waals surface area (Å²) in [6.45, 7) is 2.91. The van der Waals surface area contributed by atoms with Crippen LogP contribution in [0.3, 0.4) is 0 Å². The van der Waals surface area contributed by atoms with Crippen molar-refractivity contribution in [3.63, 3.8) is 0 Å². The molecule has 0 atom stereocenters. The summed E-state index contributed by atoms with van der Waals surface area (Å²) in [5, 5.41) is 8.27. The lowest BCUT2D eigenvalue weighted by molar-refractivity contribution is 0.213. The van der Waals surface area contributed by atoms with Gasteiger partial charge in [-0.15, -0.1) is 0 Å². The number of halogens is 1. The van der Waals surface area contributed by atoms with E-state index in [1.165, 1.54) is 12.8 Å². The van der Waals surface area contributed by atoms with Crippen molar-refractivity contribution in [2.75, 3.05) is 26.8 Å². The minimum Gasteiger partial charge on any atom is -0.493 e. The molecule has 132 valence electrons. The van der Waals surface area contributed by atoms with Crippen LogP contribution in [0, 0.1) is 5.92 Å². The number of oxime groups is 1. The molecule has 0 spiro atoms. The van der Waals surface area contributed by atoms with Gasteiger partial charge in [-0.3, -0.25) is 0 Å². The molecule has 1 saturated heterocycles. The summed E-state index contributed by atoms with van der Waals surface area (Å²) in [5.41, 5.74) is 2.65. The van der Waals surface area contributed by atoms with Crippen molar-refractivity contribution in [2.45, 2.75) is 12.8 Å². The topological polar surface area (TPSA) is 42.9 Å².